The highest BCUT2D eigenvalue weighted by Crippen LogP contribution is 2.30. The maximum absolute atomic E-state index is 13.4. The summed E-state index contributed by atoms with van der Waals surface area (Å²) >= 11 is 0. The highest BCUT2D eigenvalue weighted by molar-refractivity contribution is 5.76. The van der Waals surface area contributed by atoms with Gasteiger partial charge in [0.05, 0.1) is 18.3 Å². The van der Waals surface area contributed by atoms with Crippen molar-refractivity contribution in [2.24, 2.45) is 5.73 Å². The molecule has 0 aliphatic carbocycles. The number of nitrogens with zero attached hydrogens (tertiary/aromatic N) is 5. The van der Waals surface area contributed by atoms with Crippen molar-refractivity contribution in [3.8, 4) is 22.6 Å². The number of halogens is 1. The Kier molecular flexibility index (Phi) is 5.76. The standard InChI is InChI=1S/C22H22FN7/c1-15(16-5-3-2-4-6-16)26-22-25-13-11-19(27-22)21-20(28-29-30(21)14-12-24)17-7-9-18(23)10-8-17/h2-11,13,15H,12,14,24H2,1H3,(H,25,26,27). The molecule has 3 N–H and O–H groups in total. The number of aromatic nitrogens is 5. The van der Waals surface area contributed by atoms with Crippen molar-refractivity contribution in [3.05, 3.63) is 78.2 Å². The van der Waals surface area contributed by atoms with Gasteiger partial charge in [0.15, 0.2) is 0 Å². The fourth-order valence-electron chi connectivity index (χ4n) is 3.23. The van der Waals surface area contributed by atoms with Gasteiger partial charge in [-0.15, -0.1) is 5.10 Å². The van der Waals surface area contributed by atoms with E-state index in [1.54, 1.807) is 29.1 Å². The van der Waals surface area contributed by atoms with Crippen LogP contribution in [0.4, 0.5) is 10.3 Å². The summed E-state index contributed by atoms with van der Waals surface area (Å²) in [4.78, 5) is 9.05. The molecule has 4 aromatic rings. The molecule has 1 atom stereocenters. The van der Waals surface area contributed by atoms with Gasteiger partial charge in [-0.1, -0.05) is 35.5 Å². The number of nitrogens with two attached hydrogens (primary N) is 1. The molecule has 0 fully saturated rings. The average Bonchev–Trinajstić information content (AvgIpc) is 3.19. The van der Waals surface area contributed by atoms with E-state index in [4.69, 9.17) is 5.73 Å². The molecule has 0 saturated heterocycles. The zero-order valence-electron chi connectivity index (χ0n) is 16.5. The summed E-state index contributed by atoms with van der Waals surface area (Å²) in [7, 11) is 0. The minimum atomic E-state index is -0.307. The van der Waals surface area contributed by atoms with Crippen molar-refractivity contribution in [2.75, 3.05) is 11.9 Å². The molecule has 2 aromatic carbocycles. The quantitative estimate of drug-likeness (QED) is 0.489. The molecule has 7 nitrogen and oxygen atoms in total. The van der Waals surface area contributed by atoms with Crippen LogP contribution in [0.1, 0.15) is 18.5 Å². The Balaban J connectivity index is 1.70. The molecule has 0 spiro atoms. The van der Waals surface area contributed by atoms with Gasteiger partial charge in [-0.3, -0.25) is 0 Å². The number of anilines is 1. The van der Waals surface area contributed by atoms with Crippen molar-refractivity contribution < 1.29 is 4.39 Å². The van der Waals surface area contributed by atoms with Crippen LogP contribution in [-0.4, -0.2) is 31.5 Å². The largest absolute Gasteiger partial charge is 0.348 e. The molecule has 0 aliphatic heterocycles. The Morgan fingerprint density at radius 2 is 1.83 bits per heavy atom. The molecule has 8 heteroatoms. The van der Waals surface area contributed by atoms with Crippen LogP contribution >= 0.6 is 0 Å². The lowest BCUT2D eigenvalue weighted by Gasteiger charge is -2.15. The van der Waals surface area contributed by atoms with Crippen LogP contribution in [0.15, 0.2) is 66.9 Å². The Labute approximate surface area is 173 Å². The topological polar surface area (TPSA) is 94.5 Å². The number of benzene rings is 2. The van der Waals surface area contributed by atoms with Crippen LogP contribution in [-0.2, 0) is 6.54 Å². The van der Waals surface area contributed by atoms with Crippen LogP contribution in [0.2, 0.25) is 0 Å². The maximum Gasteiger partial charge on any atom is 0.223 e. The van der Waals surface area contributed by atoms with Crippen LogP contribution in [0.25, 0.3) is 22.6 Å². The second-order valence-electron chi connectivity index (χ2n) is 6.85. The summed E-state index contributed by atoms with van der Waals surface area (Å²) in [6.45, 7) is 2.94. The SMILES string of the molecule is CC(Nc1nccc(-c2c(-c3ccc(F)cc3)nnn2CCN)n1)c1ccccc1. The summed E-state index contributed by atoms with van der Waals surface area (Å²) in [5.41, 5.74) is 9.62. The third-order valence-corrected chi connectivity index (χ3v) is 4.74. The van der Waals surface area contributed by atoms with Gasteiger partial charge in [-0.05, 0) is 42.8 Å². The minimum absolute atomic E-state index is 0.0325. The number of hydrogen-bond donors (Lipinski definition) is 2. The molecule has 30 heavy (non-hydrogen) atoms. The van der Waals surface area contributed by atoms with Crippen molar-refractivity contribution in [2.45, 2.75) is 19.5 Å². The smallest absolute Gasteiger partial charge is 0.223 e. The summed E-state index contributed by atoms with van der Waals surface area (Å²) in [6, 6.07) is 18.1. The van der Waals surface area contributed by atoms with E-state index in [1.165, 1.54) is 12.1 Å². The van der Waals surface area contributed by atoms with Gasteiger partial charge in [0.1, 0.15) is 17.2 Å². The Morgan fingerprint density at radius 3 is 2.57 bits per heavy atom. The molecule has 4 rings (SSSR count). The van der Waals surface area contributed by atoms with E-state index in [-0.39, 0.29) is 11.9 Å². The fourth-order valence-corrected chi connectivity index (χ4v) is 3.23. The van der Waals surface area contributed by atoms with E-state index in [9.17, 15) is 4.39 Å². The van der Waals surface area contributed by atoms with Crippen molar-refractivity contribution in [1.82, 2.24) is 25.0 Å². The van der Waals surface area contributed by atoms with Gasteiger partial charge in [0.2, 0.25) is 5.95 Å². The molecule has 152 valence electrons. The number of nitrogens with one attached hydrogen (secondary N) is 1. The van der Waals surface area contributed by atoms with E-state index in [1.807, 2.05) is 30.3 Å². The zero-order chi connectivity index (χ0) is 20.9. The van der Waals surface area contributed by atoms with Crippen molar-refractivity contribution >= 4 is 5.95 Å². The lowest BCUT2D eigenvalue weighted by Crippen LogP contribution is -2.13. The molecule has 0 aliphatic rings. The first-order valence-electron chi connectivity index (χ1n) is 9.70. The van der Waals surface area contributed by atoms with Gasteiger partial charge in [-0.2, -0.15) is 0 Å². The Morgan fingerprint density at radius 1 is 1.07 bits per heavy atom. The normalized spacial score (nSPS) is 12.0. The third-order valence-electron chi connectivity index (χ3n) is 4.74. The van der Waals surface area contributed by atoms with E-state index in [0.29, 0.717) is 36.1 Å². The predicted octanol–water partition coefficient (Wildman–Crippen LogP) is 3.67. The molecule has 2 aromatic heterocycles. The number of hydrogen-bond acceptors (Lipinski definition) is 6. The van der Waals surface area contributed by atoms with Crippen molar-refractivity contribution in [1.29, 1.82) is 0 Å². The van der Waals surface area contributed by atoms with Gasteiger partial charge in [0, 0.05) is 18.3 Å². The van der Waals surface area contributed by atoms with Crippen LogP contribution in [0, 0.1) is 5.82 Å². The summed E-state index contributed by atoms with van der Waals surface area (Å²) < 4.78 is 15.1. The van der Waals surface area contributed by atoms with E-state index < -0.39 is 0 Å². The second-order valence-corrected chi connectivity index (χ2v) is 6.85. The molecule has 0 amide bonds. The monoisotopic (exact) mass is 403 g/mol. The summed E-state index contributed by atoms with van der Waals surface area (Å²) in [5, 5.41) is 11.9. The van der Waals surface area contributed by atoms with Crippen LogP contribution < -0.4 is 11.1 Å². The lowest BCUT2D eigenvalue weighted by atomic mass is 10.1. The molecule has 0 saturated carbocycles. The predicted molar refractivity (Wildman–Crippen MR) is 114 cm³/mol. The number of rotatable bonds is 7. The maximum atomic E-state index is 13.4. The average molecular weight is 403 g/mol. The Bertz CT molecular complexity index is 1110. The summed E-state index contributed by atoms with van der Waals surface area (Å²) in [6.07, 6.45) is 1.69. The lowest BCUT2D eigenvalue weighted by molar-refractivity contribution is 0.603. The molecule has 2 heterocycles. The second kappa shape index (κ2) is 8.79. The van der Waals surface area contributed by atoms with Crippen LogP contribution in [0.5, 0.6) is 0 Å². The molecular weight excluding hydrogens is 381 g/mol. The van der Waals surface area contributed by atoms with E-state index >= 15 is 0 Å². The molecule has 0 radical (unpaired) electrons. The van der Waals surface area contributed by atoms with Gasteiger partial charge in [0.25, 0.3) is 0 Å². The van der Waals surface area contributed by atoms with Crippen LogP contribution in [0.3, 0.4) is 0 Å². The third kappa shape index (κ3) is 4.18. The van der Waals surface area contributed by atoms with Gasteiger partial charge in [-0.25, -0.2) is 19.0 Å². The molecule has 0 bridgehead atoms. The first-order valence-corrected chi connectivity index (χ1v) is 9.70. The Hall–Kier alpha value is -3.65. The highest BCUT2D eigenvalue weighted by Gasteiger charge is 2.19. The summed E-state index contributed by atoms with van der Waals surface area (Å²) in [5.74, 6) is 0.187. The van der Waals surface area contributed by atoms with E-state index in [2.05, 4.69) is 32.5 Å². The molecular formula is C22H22FN7. The zero-order valence-corrected chi connectivity index (χ0v) is 16.5. The first-order chi connectivity index (χ1) is 14.7. The van der Waals surface area contributed by atoms with Gasteiger partial charge < -0.3 is 11.1 Å². The van der Waals surface area contributed by atoms with Crippen molar-refractivity contribution in [3.63, 3.8) is 0 Å². The molecule has 1 unspecified atom stereocenters. The van der Waals surface area contributed by atoms with E-state index in [0.717, 1.165) is 11.1 Å². The minimum Gasteiger partial charge on any atom is -0.348 e. The highest BCUT2D eigenvalue weighted by atomic mass is 19.1. The van der Waals surface area contributed by atoms with Gasteiger partial charge >= 0.3 is 0 Å². The first kappa shape index (κ1) is 19.7. The fraction of sp³-hybridized carbons (Fsp3) is 0.182.